The van der Waals surface area contributed by atoms with Crippen LogP contribution in [0.2, 0.25) is 0 Å². The van der Waals surface area contributed by atoms with Crippen molar-refractivity contribution >= 4 is 9.84 Å². The molecule has 0 spiro atoms. The maximum Gasteiger partial charge on any atom is 0.229 e. The molecule has 18 heavy (non-hydrogen) atoms. The van der Waals surface area contributed by atoms with Crippen LogP contribution in [0.3, 0.4) is 0 Å². The minimum absolute atomic E-state index is 0.220. The van der Waals surface area contributed by atoms with Gasteiger partial charge in [-0.1, -0.05) is 5.16 Å². The molecule has 2 N–H and O–H groups in total. The van der Waals surface area contributed by atoms with Crippen molar-refractivity contribution in [3.63, 3.8) is 0 Å². The van der Waals surface area contributed by atoms with Crippen LogP contribution in [0.25, 0.3) is 0 Å². The molecule has 0 saturated heterocycles. The van der Waals surface area contributed by atoms with Crippen LogP contribution < -0.4 is 5.73 Å². The van der Waals surface area contributed by atoms with E-state index in [0.29, 0.717) is 5.89 Å². The molecule has 102 valence electrons. The van der Waals surface area contributed by atoms with Crippen LogP contribution in [-0.2, 0) is 9.84 Å². The van der Waals surface area contributed by atoms with Gasteiger partial charge in [0.2, 0.25) is 5.89 Å². The number of sulfone groups is 1. The number of hydrogen-bond acceptors (Lipinski definition) is 6. The van der Waals surface area contributed by atoms with Crippen molar-refractivity contribution in [2.75, 3.05) is 6.26 Å². The molecule has 1 heterocycles. The zero-order valence-corrected chi connectivity index (χ0v) is 11.5. The third-order valence-electron chi connectivity index (χ3n) is 3.58. The van der Waals surface area contributed by atoms with Crippen LogP contribution in [-0.4, -0.2) is 30.9 Å². The van der Waals surface area contributed by atoms with Crippen molar-refractivity contribution in [2.24, 2.45) is 5.73 Å². The van der Waals surface area contributed by atoms with Gasteiger partial charge in [0, 0.05) is 18.2 Å². The molecule has 0 amide bonds. The molecule has 1 aromatic heterocycles. The minimum Gasteiger partial charge on any atom is -0.339 e. The summed E-state index contributed by atoms with van der Waals surface area (Å²) in [6.07, 6.45) is 4.92. The SMILES string of the molecule is CC(c1noc(C2CCC(N)CC2)n1)S(C)(=O)=O. The number of nitrogens with zero attached hydrogens (tertiary/aromatic N) is 2. The van der Waals surface area contributed by atoms with Crippen LogP contribution in [0.15, 0.2) is 4.52 Å². The Labute approximate surface area is 107 Å². The third kappa shape index (κ3) is 2.89. The average molecular weight is 273 g/mol. The lowest BCUT2D eigenvalue weighted by Crippen LogP contribution is -2.25. The smallest absolute Gasteiger partial charge is 0.229 e. The molecule has 1 aliphatic rings. The highest BCUT2D eigenvalue weighted by atomic mass is 32.2. The summed E-state index contributed by atoms with van der Waals surface area (Å²) in [6, 6.07) is 0.263. The second-order valence-corrected chi connectivity index (χ2v) is 7.44. The predicted octanol–water partition coefficient (Wildman–Crippen LogP) is 1.16. The van der Waals surface area contributed by atoms with Crippen molar-refractivity contribution in [1.82, 2.24) is 10.1 Å². The molecule has 2 rings (SSSR count). The van der Waals surface area contributed by atoms with Gasteiger partial charge in [-0.2, -0.15) is 4.98 Å². The van der Waals surface area contributed by atoms with Crippen LogP contribution in [0.4, 0.5) is 0 Å². The summed E-state index contributed by atoms with van der Waals surface area (Å²) in [4.78, 5) is 4.23. The standard InChI is InChI=1S/C11H19N3O3S/c1-7(18(2,15)16)10-13-11(17-14-10)8-3-5-9(12)6-4-8/h7-9H,3-6,12H2,1-2H3. The highest BCUT2D eigenvalue weighted by Crippen LogP contribution is 2.32. The van der Waals surface area contributed by atoms with Crippen molar-refractivity contribution in [1.29, 1.82) is 0 Å². The van der Waals surface area contributed by atoms with E-state index in [0.717, 1.165) is 25.7 Å². The maximum absolute atomic E-state index is 11.4. The van der Waals surface area contributed by atoms with Crippen molar-refractivity contribution in [3.8, 4) is 0 Å². The molecule has 1 aliphatic carbocycles. The highest BCUT2D eigenvalue weighted by molar-refractivity contribution is 7.90. The Morgan fingerprint density at radius 3 is 2.50 bits per heavy atom. The van der Waals surface area contributed by atoms with Gasteiger partial charge in [0.15, 0.2) is 15.7 Å². The molecule has 1 saturated carbocycles. The summed E-state index contributed by atoms with van der Waals surface area (Å²) in [6.45, 7) is 1.57. The monoisotopic (exact) mass is 273 g/mol. The van der Waals surface area contributed by atoms with Gasteiger partial charge >= 0.3 is 0 Å². The first-order valence-corrected chi connectivity index (χ1v) is 8.11. The first-order valence-electron chi connectivity index (χ1n) is 6.16. The Morgan fingerprint density at radius 2 is 1.94 bits per heavy atom. The molecule has 1 atom stereocenters. The van der Waals surface area contributed by atoms with Gasteiger partial charge < -0.3 is 10.3 Å². The van der Waals surface area contributed by atoms with Gasteiger partial charge in [-0.3, -0.25) is 0 Å². The van der Waals surface area contributed by atoms with E-state index in [1.807, 2.05) is 0 Å². The highest BCUT2D eigenvalue weighted by Gasteiger charge is 2.28. The van der Waals surface area contributed by atoms with E-state index in [2.05, 4.69) is 10.1 Å². The molecule has 0 radical (unpaired) electrons. The van der Waals surface area contributed by atoms with Crippen molar-refractivity contribution in [3.05, 3.63) is 11.7 Å². The predicted molar refractivity (Wildman–Crippen MR) is 66.7 cm³/mol. The molecule has 7 heteroatoms. The molecule has 0 aromatic carbocycles. The molecule has 6 nitrogen and oxygen atoms in total. The van der Waals surface area contributed by atoms with Crippen LogP contribution in [0.5, 0.6) is 0 Å². The number of nitrogens with two attached hydrogens (primary N) is 1. The average Bonchev–Trinajstić information content (AvgIpc) is 2.77. The molecular weight excluding hydrogens is 254 g/mol. The zero-order chi connectivity index (χ0) is 13.3. The normalized spacial score (nSPS) is 27.1. The van der Waals surface area contributed by atoms with E-state index in [1.54, 1.807) is 6.92 Å². The van der Waals surface area contributed by atoms with E-state index in [9.17, 15) is 8.42 Å². The van der Waals surface area contributed by atoms with E-state index in [1.165, 1.54) is 6.26 Å². The fourth-order valence-corrected chi connectivity index (χ4v) is 2.61. The van der Waals surface area contributed by atoms with E-state index < -0.39 is 15.1 Å². The first-order chi connectivity index (χ1) is 8.38. The molecule has 0 aliphatic heterocycles. The lowest BCUT2D eigenvalue weighted by Gasteiger charge is -2.22. The third-order valence-corrected chi connectivity index (χ3v) is 5.08. The van der Waals surface area contributed by atoms with Gasteiger partial charge in [0.25, 0.3) is 0 Å². The Kier molecular flexibility index (Phi) is 3.72. The summed E-state index contributed by atoms with van der Waals surface area (Å²) < 4.78 is 28.0. The largest absolute Gasteiger partial charge is 0.339 e. The quantitative estimate of drug-likeness (QED) is 0.887. The molecular formula is C11H19N3O3S. The van der Waals surface area contributed by atoms with E-state index >= 15 is 0 Å². The summed E-state index contributed by atoms with van der Waals surface area (Å²) in [5.41, 5.74) is 5.84. The van der Waals surface area contributed by atoms with E-state index in [-0.39, 0.29) is 17.8 Å². The van der Waals surface area contributed by atoms with Gasteiger partial charge in [0.05, 0.1) is 0 Å². The van der Waals surface area contributed by atoms with Gasteiger partial charge in [0.1, 0.15) is 5.25 Å². The van der Waals surface area contributed by atoms with Crippen LogP contribution >= 0.6 is 0 Å². The summed E-state index contributed by atoms with van der Waals surface area (Å²) in [7, 11) is -3.19. The van der Waals surface area contributed by atoms with Gasteiger partial charge in [-0.05, 0) is 32.6 Å². The molecule has 0 bridgehead atoms. The van der Waals surface area contributed by atoms with Crippen molar-refractivity contribution < 1.29 is 12.9 Å². The second kappa shape index (κ2) is 4.97. The fourth-order valence-electron chi connectivity index (χ4n) is 2.14. The van der Waals surface area contributed by atoms with Crippen LogP contribution in [0, 0.1) is 0 Å². The zero-order valence-electron chi connectivity index (χ0n) is 10.7. The lowest BCUT2D eigenvalue weighted by atomic mass is 9.86. The number of hydrogen-bond donors (Lipinski definition) is 1. The molecule has 1 unspecified atom stereocenters. The summed E-state index contributed by atoms with van der Waals surface area (Å²) in [5, 5.41) is 3.06. The van der Waals surface area contributed by atoms with Gasteiger partial charge in [-0.25, -0.2) is 8.42 Å². The topological polar surface area (TPSA) is 99.1 Å². The minimum atomic E-state index is -3.19. The first kappa shape index (κ1) is 13.5. The lowest BCUT2D eigenvalue weighted by molar-refractivity contribution is 0.299. The molecule has 1 aromatic rings. The second-order valence-electron chi connectivity index (χ2n) is 5.07. The molecule has 1 fully saturated rings. The number of aromatic nitrogens is 2. The Hall–Kier alpha value is -0.950. The Bertz CT molecular complexity index is 503. The van der Waals surface area contributed by atoms with Crippen molar-refractivity contribution in [2.45, 2.75) is 49.8 Å². The maximum atomic E-state index is 11.4. The Morgan fingerprint density at radius 1 is 1.33 bits per heavy atom. The number of rotatable bonds is 3. The van der Waals surface area contributed by atoms with E-state index in [4.69, 9.17) is 10.3 Å². The summed E-state index contributed by atoms with van der Waals surface area (Å²) in [5.74, 6) is 1.02. The summed E-state index contributed by atoms with van der Waals surface area (Å²) >= 11 is 0. The van der Waals surface area contributed by atoms with Gasteiger partial charge in [-0.15, -0.1) is 0 Å². The fraction of sp³-hybridized carbons (Fsp3) is 0.818. The van der Waals surface area contributed by atoms with Crippen LogP contribution in [0.1, 0.15) is 55.5 Å². The Balaban J connectivity index is 2.11.